The Balaban J connectivity index is 1.94. The molecule has 0 aliphatic carbocycles. The van der Waals surface area contributed by atoms with E-state index in [0.717, 1.165) is 16.9 Å². The zero-order valence-electron chi connectivity index (χ0n) is 12.1. The molecule has 2 aromatic rings. The van der Waals surface area contributed by atoms with Crippen molar-refractivity contribution in [3.05, 3.63) is 30.1 Å². The van der Waals surface area contributed by atoms with E-state index in [-0.39, 0.29) is 25.5 Å². The van der Waals surface area contributed by atoms with Crippen LogP contribution in [0, 0.1) is 0 Å². The number of aliphatic hydroxyl groups is 2. The maximum absolute atomic E-state index is 11.9. The van der Waals surface area contributed by atoms with E-state index in [4.69, 9.17) is 0 Å². The summed E-state index contributed by atoms with van der Waals surface area (Å²) in [5, 5.41) is 21.3. The van der Waals surface area contributed by atoms with Crippen LogP contribution in [-0.2, 0) is 11.2 Å². The van der Waals surface area contributed by atoms with Gasteiger partial charge in [-0.1, -0.05) is 19.1 Å². The van der Waals surface area contributed by atoms with E-state index in [2.05, 4.69) is 15.3 Å². The highest BCUT2D eigenvalue weighted by atomic mass is 16.3. The molecule has 21 heavy (non-hydrogen) atoms. The summed E-state index contributed by atoms with van der Waals surface area (Å²) in [6.45, 7) is 1.25. The largest absolute Gasteiger partial charge is 0.394 e. The van der Waals surface area contributed by atoms with Gasteiger partial charge < -0.3 is 20.5 Å². The van der Waals surface area contributed by atoms with Crippen LogP contribution in [0.15, 0.2) is 24.3 Å². The van der Waals surface area contributed by atoms with Gasteiger partial charge >= 0.3 is 0 Å². The summed E-state index contributed by atoms with van der Waals surface area (Å²) in [5.74, 6) is 0.543. The lowest BCUT2D eigenvalue weighted by atomic mass is 9.98. The summed E-state index contributed by atoms with van der Waals surface area (Å²) in [7, 11) is 0. The number of benzene rings is 1. The van der Waals surface area contributed by atoms with Gasteiger partial charge in [0.05, 0.1) is 29.8 Å². The molecular formula is C15H21N3O3. The predicted octanol–water partition coefficient (Wildman–Crippen LogP) is 0.745. The number of aliphatic hydroxyl groups excluding tert-OH is 2. The number of para-hydroxylation sites is 2. The maximum atomic E-state index is 11.9. The first-order chi connectivity index (χ1) is 10.1. The number of nitrogens with zero attached hydrogens (tertiary/aromatic N) is 1. The second-order valence-corrected chi connectivity index (χ2v) is 5.20. The Kier molecular flexibility index (Phi) is 4.93. The molecule has 0 bridgehead atoms. The third kappa shape index (κ3) is 3.59. The normalized spacial score (nSPS) is 11.8. The summed E-state index contributed by atoms with van der Waals surface area (Å²) in [6, 6.07) is 7.69. The van der Waals surface area contributed by atoms with Crippen molar-refractivity contribution in [2.24, 2.45) is 0 Å². The number of aromatic nitrogens is 2. The SMILES string of the molecule is CCC(CO)(CO)NC(=O)CCc1nc2ccccc2[nH]1. The predicted molar refractivity (Wildman–Crippen MR) is 79.8 cm³/mol. The van der Waals surface area contributed by atoms with Crippen molar-refractivity contribution in [1.29, 1.82) is 0 Å². The molecule has 4 N–H and O–H groups in total. The fourth-order valence-corrected chi connectivity index (χ4v) is 2.16. The van der Waals surface area contributed by atoms with E-state index in [1.165, 1.54) is 0 Å². The highest BCUT2D eigenvalue weighted by Gasteiger charge is 2.28. The van der Waals surface area contributed by atoms with Crippen LogP contribution in [0.1, 0.15) is 25.6 Å². The van der Waals surface area contributed by atoms with E-state index < -0.39 is 5.54 Å². The number of carbonyl (C=O) groups is 1. The molecule has 0 unspecified atom stereocenters. The van der Waals surface area contributed by atoms with Crippen LogP contribution < -0.4 is 5.32 Å². The van der Waals surface area contributed by atoms with Crippen molar-refractivity contribution in [3.63, 3.8) is 0 Å². The minimum atomic E-state index is -0.940. The topological polar surface area (TPSA) is 98.2 Å². The lowest BCUT2D eigenvalue weighted by molar-refractivity contribution is -0.124. The van der Waals surface area contributed by atoms with Crippen molar-refractivity contribution in [2.75, 3.05) is 13.2 Å². The number of amides is 1. The highest BCUT2D eigenvalue weighted by molar-refractivity contribution is 5.78. The number of hydrogen-bond donors (Lipinski definition) is 4. The fraction of sp³-hybridized carbons (Fsp3) is 0.467. The highest BCUT2D eigenvalue weighted by Crippen LogP contribution is 2.12. The summed E-state index contributed by atoms with van der Waals surface area (Å²) in [4.78, 5) is 19.5. The van der Waals surface area contributed by atoms with Gasteiger partial charge in [-0.2, -0.15) is 0 Å². The number of H-pyrrole nitrogens is 1. The molecule has 0 spiro atoms. The smallest absolute Gasteiger partial charge is 0.221 e. The summed E-state index contributed by atoms with van der Waals surface area (Å²) in [5.41, 5.74) is 0.883. The van der Waals surface area contributed by atoms with Gasteiger partial charge in [0.25, 0.3) is 0 Å². The first kappa shape index (κ1) is 15.5. The van der Waals surface area contributed by atoms with Gasteiger partial charge in [-0.25, -0.2) is 4.98 Å². The molecule has 0 atom stereocenters. The molecule has 1 amide bonds. The Labute approximate surface area is 123 Å². The summed E-state index contributed by atoms with van der Waals surface area (Å²) >= 11 is 0. The van der Waals surface area contributed by atoms with Crippen LogP contribution in [0.25, 0.3) is 11.0 Å². The molecule has 1 aromatic carbocycles. The van der Waals surface area contributed by atoms with Gasteiger partial charge in [0.1, 0.15) is 5.82 Å². The lowest BCUT2D eigenvalue weighted by Gasteiger charge is -2.29. The Morgan fingerprint density at radius 3 is 2.67 bits per heavy atom. The third-order valence-corrected chi connectivity index (χ3v) is 3.71. The number of carbonyl (C=O) groups excluding carboxylic acids is 1. The van der Waals surface area contributed by atoms with Crippen LogP contribution in [0.2, 0.25) is 0 Å². The molecule has 0 saturated carbocycles. The van der Waals surface area contributed by atoms with Gasteiger partial charge in [-0.15, -0.1) is 0 Å². The molecule has 0 saturated heterocycles. The summed E-state index contributed by atoms with van der Waals surface area (Å²) in [6.07, 6.45) is 1.20. The van der Waals surface area contributed by atoms with E-state index >= 15 is 0 Å². The van der Waals surface area contributed by atoms with Crippen LogP contribution in [0.5, 0.6) is 0 Å². The van der Waals surface area contributed by atoms with Gasteiger partial charge in [0.15, 0.2) is 0 Å². The minimum absolute atomic E-state index is 0.208. The molecule has 6 heteroatoms. The average molecular weight is 291 g/mol. The maximum Gasteiger partial charge on any atom is 0.221 e. The number of aryl methyl sites for hydroxylation is 1. The van der Waals surface area contributed by atoms with Gasteiger partial charge in [0.2, 0.25) is 5.91 Å². The quantitative estimate of drug-likeness (QED) is 0.605. The summed E-state index contributed by atoms with van der Waals surface area (Å²) < 4.78 is 0. The van der Waals surface area contributed by atoms with Crippen LogP contribution in [0.3, 0.4) is 0 Å². The lowest BCUT2D eigenvalue weighted by Crippen LogP contribution is -2.53. The fourth-order valence-electron chi connectivity index (χ4n) is 2.16. The minimum Gasteiger partial charge on any atom is -0.394 e. The zero-order valence-corrected chi connectivity index (χ0v) is 12.1. The molecule has 1 aromatic heterocycles. The third-order valence-electron chi connectivity index (χ3n) is 3.71. The standard InChI is InChI=1S/C15H21N3O3/c1-2-15(9-19,10-20)18-14(21)8-7-13-16-11-5-3-4-6-12(11)17-13/h3-6,19-20H,2,7-10H2,1H3,(H,16,17)(H,18,21). The Morgan fingerprint density at radius 2 is 2.05 bits per heavy atom. The molecule has 1 heterocycles. The molecule has 2 rings (SSSR count). The van der Waals surface area contributed by atoms with Crippen molar-refractivity contribution < 1.29 is 15.0 Å². The number of nitrogens with one attached hydrogen (secondary N) is 2. The monoisotopic (exact) mass is 291 g/mol. The van der Waals surface area contributed by atoms with Crippen LogP contribution in [0.4, 0.5) is 0 Å². The van der Waals surface area contributed by atoms with Crippen molar-refractivity contribution >= 4 is 16.9 Å². The molecule has 0 aliphatic rings. The number of aromatic amines is 1. The van der Waals surface area contributed by atoms with Gasteiger partial charge in [0, 0.05) is 12.8 Å². The first-order valence-electron chi connectivity index (χ1n) is 7.09. The molecule has 6 nitrogen and oxygen atoms in total. The number of hydrogen-bond acceptors (Lipinski definition) is 4. The molecular weight excluding hydrogens is 270 g/mol. The molecule has 0 fully saturated rings. The number of imidazole rings is 1. The second-order valence-electron chi connectivity index (χ2n) is 5.20. The van der Waals surface area contributed by atoms with Crippen molar-refractivity contribution in [2.45, 2.75) is 31.7 Å². The van der Waals surface area contributed by atoms with E-state index in [1.54, 1.807) is 0 Å². The van der Waals surface area contributed by atoms with Gasteiger partial charge in [-0.05, 0) is 18.6 Å². The van der Waals surface area contributed by atoms with E-state index in [1.807, 2.05) is 31.2 Å². The Morgan fingerprint density at radius 1 is 1.33 bits per heavy atom. The average Bonchev–Trinajstić information content (AvgIpc) is 2.94. The molecule has 114 valence electrons. The molecule has 0 radical (unpaired) electrons. The Bertz CT molecular complexity index is 564. The second kappa shape index (κ2) is 6.69. The zero-order chi connectivity index (χ0) is 15.3. The van der Waals surface area contributed by atoms with E-state index in [0.29, 0.717) is 12.8 Å². The van der Waals surface area contributed by atoms with Crippen molar-refractivity contribution in [1.82, 2.24) is 15.3 Å². The Hall–Kier alpha value is -1.92. The first-order valence-corrected chi connectivity index (χ1v) is 7.09. The van der Waals surface area contributed by atoms with Crippen molar-refractivity contribution in [3.8, 4) is 0 Å². The number of rotatable bonds is 7. The number of fused-ring (bicyclic) bond motifs is 1. The van der Waals surface area contributed by atoms with Crippen LogP contribution >= 0.6 is 0 Å². The van der Waals surface area contributed by atoms with Gasteiger partial charge in [-0.3, -0.25) is 4.79 Å². The molecule has 0 aliphatic heterocycles. The van der Waals surface area contributed by atoms with E-state index in [9.17, 15) is 15.0 Å². The van der Waals surface area contributed by atoms with Crippen LogP contribution in [-0.4, -0.2) is 44.8 Å².